The van der Waals surface area contributed by atoms with Crippen molar-refractivity contribution < 1.29 is 35.3 Å². The van der Waals surface area contributed by atoms with Gasteiger partial charge in [-0.05, 0) is 0 Å². The fourth-order valence-corrected chi connectivity index (χ4v) is 3.50. The first-order chi connectivity index (χ1) is 12.3. The normalized spacial score (nSPS) is 15.0. The molecule has 26 heavy (non-hydrogen) atoms. The predicted molar refractivity (Wildman–Crippen MR) is 82.9 cm³/mol. The molecule has 2 rings (SSSR count). The molecule has 1 aromatic heterocycles. The third kappa shape index (κ3) is 3.43. The van der Waals surface area contributed by atoms with Gasteiger partial charge in [0.1, 0.15) is 32.4 Å². The largest absolute Gasteiger partial charge is 0.407 e. The monoisotopic (exact) mass is 401 g/mol. The Balaban J connectivity index is 2.47. The molecule has 144 valence electrons. The lowest BCUT2D eigenvalue weighted by atomic mass is 9.77. The number of aromatic nitrogens is 1. The summed E-state index contributed by atoms with van der Waals surface area (Å²) in [5.41, 5.74) is -2.58. The minimum atomic E-state index is -5.45. The molecule has 1 aromatic carbocycles. The maximum atomic E-state index is 13.6. The second-order valence-corrected chi connectivity index (χ2v) is 6.94. The Hall–Kier alpha value is -1.71. The molecule has 0 amide bonds. The minimum Gasteiger partial charge on any atom is -0.349 e. The number of nitrogens with zero attached hydrogens (tertiary/aromatic N) is 1. The van der Waals surface area contributed by atoms with Crippen molar-refractivity contribution >= 4 is 11.8 Å². The second kappa shape index (κ2) is 7.89. The molecule has 1 heterocycles. The van der Waals surface area contributed by atoms with Gasteiger partial charge in [0.05, 0.1) is 5.41 Å². The van der Waals surface area contributed by atoms with Gasteiger partial charge in [-0.2, -0.15) is 13.2 Å². The highest BCUT2D eigenvalue weighted by Crippen LogP contribution is 2.56. The third-order valence-corrected chi connectivity index (χ3v) is 5.62. The highest BCUT2D eigenvalue weighted by Gasteiger charge is 2.69. The molecule has 10 heteroatoms. The van der Waals surface area contributed by atoms with E-state index in [-0.39, 0.29) is 17.5 Å². The molecule has 0 radical (unpaired) electrons. The summed E-state index contributed by atoms with van der Waals surface area (Å²) >= 11 is -0.310. The topological polar surface area (TPSA) is 26.0 Å². The summed E-state index contributed by atoms with van der Waals surface area (Å²) in [6.07, 6.45) is -5.45. The number of rotatable bonds is 8. The second-order valence-electron chi connectivity index (χ2n) is 5.64. The first kappa shape index (κ1) is 20.6. The van der Waals surface area contributed by atoms with Gasteiger partial charge >= 0.3 is 6.18 Å². The van der Waals surface area contributed by atoms with Crippen LogP contribution >= 0.6 is 11.8 Å². The average Bonchev–Trinajstić information content (AvgIpc) is 3.10. The predicted octanol–water partition coefficient (Wildman–Crippen LogP) is 5.60. The Morgan fingerprint density at radius 1 is 0.885 bits per heavy atom. The van der Waals surface area contributed by atoms with Gasteiger partial charge in [-0.1, -0.05) is 47.3 Å². The Labute approximate surface area is 148 Å². The quantitative estimate of drug-likeness (QED) is 0.426. The van der Waals surface area contributed by atoms with Crippen LogP contribution in [0.4, 0.5) is 30.7 Å². The summed E-state index contributed by atoms with van der Waals surface area (Å²) in [5, 5.41) is 3.05. The van der Waals surface area contributed by atoms with Crippen LogP contribution in [0.25, 0.3) is 11.3 Å². The van der Waals surface area contributed by atoms with Crippen molar-refractivity contribution in [1.29, 1.82) is 0 Å². The molecule has 1 unspecified atom stereocenters. The number of halogens is 7. The highest BCUT2D eigenvalue weighted by atomic mass is 32.2. The molecule has 0 aliphatic heterocycles. The average molecular weight is 401 g/mol. The van der Waals surface area contributed by atoms with E-state index < -0.39 is 48.1 Å². The Morgan fingerprint density at radius 3 is 1.92 bits per heavy atom. The van der Waals surface area contributed by atoms with E-state index in [1.54, 1.807) is 30.3 Å². The van der Waals surface area contributed by atoms with Gasteiger partial charge in [0.25, 0.3) is 0 Å². The molecular weight excluding hydrogens is 387 g/mol. The molecule has 0 aliphatic rings. The van der Waals surface area contributed by atoms with Crippen LogP contribution in [0, 0.1) is 5.41 Å². The minimum absolute atomic E-state index is 0.148. The smallest absolute Gasteiger partial charge is 0.349 e. The zero-order valence-electron chi connectivity index (χ0n) is 13.2. The summed E-state index contributed by atoms with van der Waals surface area (Å²) in [6, 6.07) is 9.29. The number of hydrogen-bond donors (Lipinski definition) is 0. The highest BCUT2D eigenvalue weighted by molar-refractivity contribution is 8.00. The first-order valence-corrected chi connectivity index (χ1v) is 8.12. The maximum Gasteiger partial charge on any atom is 0.407 e. The van der Waals surface area contributed by atoms with Crippen molar-refractivity contribution in [3.8, 4) is 11.3 Å². The summed E-state index contributed by atoms with van der Waals surface area (Å²) in [6.45, 7) is -8.33. The lowest BCUT2D eigenvalue weighted by molar-refractivity contribution is -0.201. The molecule has 2 aromatic rings. The van der Waals surface area contributed by atoms with Gasteiger partial charge in [-0.25, -0.2) is 4.39 Å². The van der Waals surface area contributed by atoms with Crippen molar-refractivity contribution in [2.45, 2.75) is 16.0 Å². The van der Waals surface area contributed by atoms with Crippen LogP contribution in [0.5, 0.6) is 0 Å². The molecular formula is C16H14F7NOS. The standard InChI is InChI=1S/C16H14F7NOS/c17-7-14(8-18,9-19)15(10-20,16(21,22)23)26-13-6-12(24-25-13)11-4-2-1-3-5-11/h1-6H,7-10H2. The zero-order chi connectivity index (χ0) is 19.4. The van der Waals surface area contributed by atoms with E-state index in [1.165, 1.54) is 0 Å². The van der Waals surface area contributed by atoms with Crippen LogP contribution in [-0.4, -0.2) is 42.8 Å². The lowest BCUT2D eigenvalue weighted by Gasteiger charge is -2.44. The van der Waals surface area contributed by atoms with Gasteiger partial charge in [-0.3, -0.25) is 13.2 Å². The molecule has 0 N–H and O–H groups in total. The molecule has 0 aliphatic carbocycles. The van der Waals surface area contributed by atoms with Crippen molar-refractivity contribution in [2.24, 2.45) is 5.41 Å². The molecule has 2 nitrogen and oxygen atoms in total. The van der Waals surface area contributed by atoms with E-state index in [4.69, 9.17) is 4.52 Å². The van der Waals surface area contributed by atoms with Gasteiger partial charge in [0, 0.05) is 11.6 Å². The van der Waals surface area contributed by atoms with Gasteiger partial charge in [0.2, 0.25) is 0 Å². The van der Waals surface area contributed by atoms with Crippen molar-refractivity contribution in [1.82, 2.24) is 5.16 Å². The van der Waals surface area contributed by atoms with E-state index in [1.807, 2.05) is 0 Å². The summed E-state index contributed by atoms with van der Waals surface area (Å²) in [7, 11) is 0. The van der Waals surface area contributed by atoms with Crippen molar-refractivity contribution in [3.05, 3.63) is 36.4 Å². The summed E-state index contributed by atoms with van der Waals surface area (Å²) < 4.78 is 95.4. The van der Waals surface area contributed by atoms with Crippen LogP contribution < -0.4 is 0 Å². The van der Waals surface area contributed by atoms with Crippen LogP contribution in [0.2, 0.25) is 0 Å². The summed E-state index contributed by atoms with van der Waals surface area (Å²) in [4.78, 5) is 0. The Bertz CT molecular complexity index is 694. The van der Waals surface area contributed by atoms with E-state index in [2.05, 4.69) is 5.16 Å². The van der Waals surface area contributed by atoms with E-state index in [0.717, 1.165) is 6.07 Å². The van der Waals surface area contributed by atoms with E-state index in [0.29, 0.717) is 5.56 Å². The fourth-order valence-electron chi connectivity index (χ4n) is 2.37. The van der Waals surface area contributed by atoms with Crippen LogP contribution in [0.15, 0.2) is 46.0 Å². The molecule has 0 bridgehead atoms. The van der Waals surface area contributed by atoms with Gasteiger partial charge < -0.3 is 4.52 Å². The maximum absolute atomic E-state index is 13.6. The van der Waals surface area contributed by atoms with E-state index in [9.17, 15) is 30.7 Å². The van der Waals surface area contributed by atoms with E-state index >= 15 is 0 Å². The first-order valence-electron chi connectivity index (χ1n) is 7.31. The third-order valence-electron chi connectivity index (χ3n) is 4.10. The fraction of sp³-hybridized carbons (Fsp3) is 0.438. The molecule has 0 fully saturated rings. The number of thioether (sulfide) groups is 1. The Kier molecular flexibility index (Phi) is 6.25. The Morgan fingerprint density at radius 2 is 1.46 bits per heavy atom. The number of hydrogen-bond acceptors (Lipinski definition) is 3. The van der Waals surface area contributed by atoms with Crippen LogP contribution in [0.3, 0.4) is 0 Å². The van der Waals surface area contributed by atoms with Crippen molar-refractivity contribution in [3.63, 3.8) is 0 Å². The van der Waals surface area contributed by atoms with Gasteiger partial charge in [-0.15, -0.1) is 0 Å². The number of benzene rings is 1. The molecule has 0 saturated carbocycles. The lowest BCUT2D eigenvalue weighted by Crippen LogP contribution is -2.61. The SMILES string of the molecule is FCC(CF)(CF)C(CF)(Sc1cc(-c2ccccc2)no1)C(F)(F)F. The van der Waals surface area contributed by atoms with Crippen LogP contribution in [-0.2, 0) is 0 Å². The molecule has 0 spiro atoms. The molecule has 0 saturated heterocycles. The zero-order valence-corrected chi connectivity index (χ0v) is 14.0. The summed E-state index contributed by atoms with van der Waals surface area (Å²) in [5.74, 6) is 0. The van der Waals surface area contributed by atoms with Crippen LogP contribution in [0.1, 0.15) is 0 Å². The number of alkyl halides is 7. The molecule has 1 atom stereocenters. The van der Waals surface area contributed by atoms with Crippen molar-refractivity contribution in [2.75, 3.05) is 26.7 Å². The van der Waals surface area contributed by atoms with Gasteiger partial charge in [0.15, 0.2) is 9.84 Å².